The van der Waals surface area contributed by atoms with Gasteiger partial charge in [-0.3, -0.25) is 9.59 Å². The fourth-order valence-corrected chi connectivity index (χ4v) is 2.67. The molecule has 1 aromatic heterocycles. The number of phenols is 2. The first-order chi connectivity index (χ1) is 12.1. The van der Waals surface area contributed by atoms with Crippen molar-refractivity contribution in [2.45, 2.75) is 0 Å². The van der Waals surface area contributed by atoms with E-state index in [1.807, 2.05) is 0 Å². The second-order valence-electron chi connectivity index (χ2n) is 5.25. The van der Waals surface area contributed by atoms with Gasteiger partial charge >= 0.3 is 17.4 Å². The van der Waals surface area contributed by atoms with Crippen LogP contribution in [0.25, 0.3) is 27.7 Å². The molecule has 132 valence electrons. The number of phenolic OH excluding ortho intramolecular Hbond substituents is 2. The Hall–Kier alpha value is -4.08. The van der Waals surface area contributed by atoms with Crippen LogP contribution in [0.5, 0.6) is 11.5 Å². The fourth-order valence-electron chi connectivity index (χ4n) is 2.67. The summed E-state index contributed by atoms with van der Waals surface area (Å²) >= 11 is 0. The Balaban J connectivity index is 2.85. The summed E-state index contributed by atoms with van der Waals surface area (Å²) in [6.07, 6.45) is 0. The SMILES string of the molecule is O=C(O)C(O)=c1c(=[OH+])cc(O)c2c(C(=O)O)c3c(O)cc(=O)cc3oc12. The van der Waals surface area contributed by atoms with Gasteiger partial charge in [-0.15, -0.1) is 0 Å². The molecular formula is C16H9O10+. The zero-order valence-corrected chi connectivity index (χ0v) is 12.5. The predicted molar refractivity (Wildman–Crippen MR) is 84.2 cm³/mol. The minimum atomic E-state index is -1.86. The van der Waals surface area contributed by atoms with Crippen LogP contribution in [0, 0.1) is 0 Å². The fraction of sp³-hybridized carbons (Fsp3) is 0. The van der Waals surface area contributed by atoms with Crippen LogP contribution in [0.1, 0.15) is 10.4 Å². The minimum Gasteiger partial charge on any atom is -0.507 e. The molecule has 0 fully saturated rings. The number of fused-ring (bicyclic) bond motifs is 2. The van der Waals surface area contributed by atoms with E-state index in [9.17, 15) is 39.6 Å². The van der Waals surface area contributed by atoms with E-state index in [2.05, 4.69) is 0 Å². The van der Waals surface area contributed by atoms with E-state index in [4.69, 9.17) is 9.52 Å². The molecule has 10 heteroatoms. The van der Waals surface area contributed by atoms with E-state index < -0.39 is 72.8 Å². The Bertz CT molecular complexity index is 1300. The minimum absolute atomic E-state index is 0.425. The molecular weight excluding hydrogens is 352 g/mol. The highest BCUT2D eigenvalue weighted by molar-refractivity contribution is 6.16. The van der Waals surface area contributed by atoms with Crippen molar-refractivity contribution in [2.24, 2.45) is 0 Å². The summed E-state index contributed by atoms with van der Waals surface area (Å²) in [6, 6.07) is 2.17. The van der Waals surface area contributed by atoms with Crippen molar-refractivity contribution in [1.29, 1.82) is 0 Å². The number of carbonyl (C=O) groups is 2. The average molecular weight is 361 g/mol. The third kappa shape index (κ3) is 2.28. The number of aromatic carboxylic acids is 1. The highest BCUT2D eigenvalue weighted by Gasteiger charge is 2.26. The molecule has 0 unspecified atom stereocenters. The molecule has 1 heterocycles. The lowest BCUT2D eigenvalue weighted by Crippen LogP contribution is -2.31. The van der Waals surface area contributed by atoms with Gasteiger partial charge in [0.1, 0.15) is 17.1 Å². The molecule has 0 aliphatic heterocycles. The van der Waals surface area contributed by atoms with Crippen molar-refractivity contribution < 1.29 is 44.3 Å². The summed E-state index contributed by atoms with van der Waals surface area (Å²) < 4.78 is 5.28. The monoisotopic (exact) mass is 361 g/mol. The number of hydrogen-bond acceptors (Lipinski definition) is 7. The molecule has 0 radical (unpaired) electrons. The van der Waals surface area contributed by atoms with Crippen molar-refractivity contribution in [1.82, 2.24) is 0 Å². The van der Waals surface area contributed by atoms with Crippen molar-refractivity contribution in [3.8, 4) is 11.5 Å². The van der Waals surface area contributed by atoms with Crippen LogP contribution >= 0.6 is 0 Å². The van der Waals surface area contributed by atoms with Gasteiger partial charge in [-0.05, 0) is 0 Å². The zero-order valence-electron chi connectivity index (χ0n) is 12.5. The van der Waals surface area contributed by atoms with Gasteiger partial charge in [0.2, 0.25) is 5.76 Å². The number of rotatable bonds is 2. The first-order valence-electron chi connectivity index (χ1n) is 6.84. The molecule has 0 aliphatic rings. The van der Waals surface area contributed by atoms with Crippen molar-refractivity contribution in [3.05, 3.63) is 44.6 Å². The zero-order chi connectivity index (χ0) is 19.3. The van der Waals surface area contributed by atoms with E-state index in [0.717, 1.165) is 12.1 Å². The van der Waals surface area contributed by atoms with E-state index >= 15 is 0 Å². The second kappa shape index (κ2) is 5.48. The number of carboxylic acid groups (broad SMARTS) is 2. The van der Waals surface area contributed by atoms with Gasteiger partial charge in [-0.2, -0.15) is 0 Å². The molecule has 0 atom stereocenters. The average Bonchev–Trinajstić information content (AvgIpc) is 2.52. The summed E-state index contributed by atoms with van der Waals surface area (Å²) in [6.45, 7) is 0. The largest absolute Gasteiger partial charge is 0.507 e. The highest BCUT2D eigenvalue weighted by atomic mass is 16.4. The molecule has 26 heavy (non-hydrogen) atoms. The molecule has 0 aliphatic carbocycles. The Kier molecular flexibility index (Phi) is 3.53. The van der Waals surface area contributed by atoms with Crippen LogP contribution in [-0.4, -0.2) is 42.3 Å². The number of aromatic hydroxyl groups is 2. The quantitative estimate of drug-likeness (QED) is 0.297. The van der Waals surface area contributed by atoms with Crippen LogP contribution < -0.4 is 16.1 Å². The van der Waals surface area contributed by atoms with E-state index in [1.165, 1.54) is 0 Å². The third-order valence-corrected chi connectivity index (χ3v) is 3.66. The molecule has 0 amide bonds. The summed E-state index contributed by atoms with van der Waals surface area (Å²) in [4.78, 5) is 44.3. The van der Waals surface area contributed by atoms with E-state index in [1.54, 1.807) is 0 Å². The normalized spacial score (nSPS) is 12.3. The summed E-state index contributed by atoms with van der Waals surface area (Å²) in [5.74, 6) is -6.44. The molecule has 3 rings (SSSR count). The number of aliphatic hydroxyl groups is 1. The lowest BCUT2D eigenvalue weighted by molar-refractivity contribution is -0.132. The molecule has 0 bridgehead atoms. The molecule has 3 aromatic rings. The maximum absolute atomic E-state index is 11.7. The van der Waals surface area contributed by atoms with Crippen LogP contribution in [0.3, 0.4) is 0 Å². The first kappa shape index (κ1) is 16.8. The summed E-state index contributed by atoms with van der Waals surface area (Å²) in [5, 5.41) is 46.4. The topological polar surface area (TPSA) is 187 Å². The van der Waals surface area contributed by atoms with Gasteiger partial charge in [0, 0.05) is 12.1 Å². The van der Waals surface area contributed by atoms with Crippen LogP contribution in [0.4, 0.5) is 0 Å². The van der Waals surface area contributed by atoms with Crippen molar-refractivity contribution in [2.75, 3.05) is 0 Å². The van der Waals surface area contributed by atoms with E-state index in [0.29, 0.717) is 6.07 Å². The second-order valence-corrected chi connectivity index (χ2v) is 5.25. The van der Waals surface area contributed by atoms with Crippen LogP contribution in [-0.2, 0) is 4.79 Å². The van der Waals surface area contributed by atoms with Gasteiger partial charge < -0.3 is 29.9 Å². The van der Waals surface area contributed by atoms with Crippen LogP contribution in [0.2, 0.25) is 0 Å². The van der Waals surface area contributed by atoms with Gasteiger partial charge in [-0.1, -0.05) is 0 Å². The summed E-state index contributed by atoms with van der Waals surface area (Å²) in [7, 11) is 0. The molecule has 10 nitrogen and oxygen atoms in total. The third-order valence-electron chi connectivity index (χ3n) is 3.66. The van der Waals surface area contributed by atoms with E-state index in [-0.39, 0.29) is 0 Å². The number of aliphatic carboxylic acids is 1. The van der Waals surface area contributed by atoms with Gasteiger partial charge in [0.15, 0.2) is 16.2 Å². The van der Waals surface area contributed by atoms with Gasteiger partial charge in [0.25, 0.3) is 0 Å². The lowest BCUT2D eigenvalue weighted by Gasteiger charge is -2.09. The molecule has 0 saturated carbocycles. The maximum Gasteiger partial charge on any atom is 0.372 e. The highest BCUT2D eigenvalue weighted by Crippen LogP contribution is 2.35. The molecule has 0 saturated heterocycles. The van der Waals surface area contributed by atoms with Gasteiger partial charge in [0.05, 0.1) is 22.4 Å². The summed E-state index contributed by atoms with van der Waals surface area (Å²) in [5.41, 5.74) is -3.51. The Morgan fingerprint density at radius 2 is 1.58 bits per heavy atom. The maximum atomic E-state index is 11.7. The lowest BCUT2D eigenvalue weighted by atomic mass is 10.0. The van der Waals surface area contributed by atoms with Crippen LogP contribution in [0.15, 0.2) is 27.4 Å². The molecule has 6 N–H and O–H groups in total. The molecule has 0 spiro atoms. The first-order valence-corrected chi connectivity index (χ1v) is 6.84. The molecule has 2 aromatic carbocycles. The standard InChI is InChI=1S/C16H8O10/c17-4-1-5(18)9-8(2-4)26-14-10(12(9)15(22)23)6(19)3-7(20)11(14)13(21)16(24)25/h1-3,18-19,21H,(H,22,23)(H,24,25)/p+1. The van der Waals surface area contributed by atoms with Crippen molar-refractivity contribution >= 4 is 39.6 Å². The van der Waals surface area contributed by atoms with Gasteiger partial charge in [-0.25, -0.2) is 9.59 Å². The number of carboxylic acids is 2. The number of aliphatic hydroxyl groups excluding tert-OH is 1. The Morgan fingerprint density at radius 3 is 2.15 bits per heavy atom. The number of hydrogen-bond donors (Lipinski definition) is 5. The Morgan fingerprint density at radius 1 is 0.962 bits per heavy atom. The predicted octanol–water partition coefficient (Wildman–Crippen LogP) is -0.470. The Labute approximate surface area is 141 Å². The smallest absolute Gasteiger partial charge is 0.372 e. The van der Waals surface area contributed by atoms with Crippen molar-refractivity contribution in [3.63, 3.8) is 0 Å². The number of benzene rings is 2.